The molecule has 0 aromatic heterocycles. The molecule has 0 aromatic carbocycles. The van der Waals surface area contributed by atoms with Gasteiger partial charge in [0, 0.05) is 19.1 Å². The van der Waals surface area contributed by atoms with E-state index in [0.717, 1.165) is 12.8 Å². The predicted octanol–water partition coefficient (Wildman–Crippen LogP) is -0.990. The zero-order valence-corrected chi connectivity index (χ0v) is 6.17. The average molecular weight is 142 g/mol. The van der Waals surface area contributed by atoms with Crippen LogP contribution in [0.5, 0.6) is 0 Å². The highest BCUT2D eigenvalue weighted by molar-refractivity contribution is 5.78. The zero-order valence-electron chi connectivity index (χ0n) is 6.17. The van der Waals surface area contributed by atoms with Crippen molar-refractivity contribution in [3.8, 4) is 0 Å². The number of nitrogens with one attached hydrogen (secondary N) is 1. The van der Waals surface area contributed by atoms with Crippen LogP contribution in [0.25, 0.3) is 0 Å². The van der Waals surface area contributed by atoms with Crippen molar-refractivity contribution in [2.45, 2.75) is 24.9 Å². The predicted molar refractivity (Wildman–Crippen MR) is 41.7 cm³/mol. The van der Waals surface area contributed by atoms with E-state index in [1.54, 1.807) is 7.05 Å². The summed E-state index contributed by atoms with van der Waals surface area (Å²) in [5, 5.41) is 3.04. The van der Waals surface area contributed by atoms with Crippen molar-refractivity contribution in [1.82, 2.24) is 5.32 Å². The van der Waals surface area contributed by atoms with Crippen molar-refractivity contribution in [2.75, 3.05) is 7.05 Å². The summed E-state index contributed by atoms with van der Waals surface area (Å²) in [6.45, 7) is 0. The van der Waals surface area contributed by atoms with Gasteiger partial charge in [-0.3, -0.25) is 4.99 Å². The lowest BCUT2D eigenvalue weighted by molar-refractivity contribution is 0.324. The molecule has 0 amide bonds. The molecule has 1 aliphatic carbocycles. The van der Waals surface area contributed by atoms with Gasteiger partial charge in [0.15, 0.2) is 5.96 Å². The molecule has 0 aliphatic heterocycles. The van der Waals surface area contributed by atoms with Crippen LogP contribution in [-0.2, 0) is 0 Å². The van der Waals surface area contributed by atoms with Gasteiger partial charge in [-0.15, -0.1) is 0 Å². The summed E-state index contributed by atoms with van der Waals surface area (Å²) in [5.74, 6) is 0.511. The zero-order chi connectivity index (χ0) is 7.56. The minimum atomic E-state index is 0.363. The Labute approximate surface area is 60.7 Å². The molecule has 58 valence electrons. The number of hydrogen-bond donors (Lipinski definition) is 3. The van der Waals surface area contributed by atoms with Crippen LogP contribution in [0.2, 0.25) is 0 Å². The van der Waals surface area contributed by atoms with Crippen LogP contribution in [-0.4, -0.2) is 25.1 Å². The summed E-state index contributed by atoms with van der Waals surface area (Å²) < 4.78 is 0. The second kappa shape index (κ2) is 2.88. The monoisotopic (exact) mass is 142 g/mol. The minimum Gasteiger partial charge on any atom is -0.370 e. The molecular weight excluding hydrogens is 128 g/mol. The first-order valence-electron chi connectivity index (χ1n) is 3.46. The van der Waals surface area contributed by atoms with E-state index in [9.17, 15) is 0 Å². The highest BCUT2D eigenvalue weighted by Gasteiger charge is 2.25. The fraction of sp³-hybridized carbons (Fsp3) is 0.833. The first-order valence-corrected chi connectivity index (χ1v) is 3.46. The number of nitrogens with zero attached hydrogens (tertiary/aromatic N) is 1. The molecule has 1 aliphatic rings. The molecule has 5 N–H and O–H groups in total. The average Bonchev–Trinajstić information content (AvgIpc) is 1.84. The first-order chi connectivity index (χ1) is 4.72. The summed E-state index contributed by atoms with van der Waals surface area (Å²) in [6.07, 6.45) is 2.02. The van der Waals surface area contributed by atoms with E-state index in [2.05, 4.69) is 10.3 Å². The standard InChI is InChI=1S/C6H14N4/c1-9-6(8)10-5-2-4(7)3-5/h4-5H,2-3,7H2,1H3,(H3,8,9,10). The van der Waals surface area contributed by atoms with E-state index in [1.807, 2.05) is 0 Å². The maximum Gasteiger partial charge on any atom is 0.188 e. The summed E-state index contributed by atoms with van der Waals surface area (Å²) in [5.41, 5.74) is 11.0. The Morgan fingerprint density at radius 3 is 2.60 bits per heavy atom. The Kier molecular flexibility index (Phi) is 2.11. The lowest BCUT2D eigenvalue weighted by Crippen LogP contribution is -2.52. The van der Waals surface area contributed by atoms with Crippen LogP contribution in [0.3, 0.4) is 0 Å². The molecule has 0 atom stereocenters. The Hall–Kier alpha value is -0.770. The maximum absolute atomic E-state index is 5.57. The SMILES string of the molecule is CN=C(N)NC1CC(N)C1. The lowest BCUT2D eigenvalue weighted by Gasteiger charge is -2.33. The Balaban J connectivity index is 2.16. The molecule has 0 heterocycles. The van der Waals surface area contributed by atoms with Gasteiger partial charge >= 0.3 is 0 Å². The maximum atomic E-state index is 5.57. The minimum absolute atomic E-state index is 0.363. The van der Waals surface area contributed by atoms with Gasteiger partial charge in [-0.25, -0.2) is 0 Å². The van der Waals surface area contributed by atoms with Crippen molar-refractivity contribution in [3.63, 3.8) is 0 Å². The Morgan fingerprint density at radius 2 is 2.20 bits per heavy atom. The molecule has 4 heteroatoms. The molecular formula is C6H14N4. The number of aliphatic imine (C=N–C) groups is 1. The summed E-state index contributed by atoms with van der Waals surface area (Å²) in [6, 6.07) is 0.820. The smallest absolute Gasteiger partial charge is 0.188 e. The van der Waals surface area contributed by atoms with Gasteiger partial charge in [0.05, 0.1) is 0 Å². The number of nitrogens with two attached hydrogens (primary N) is 2. The highest BCUT2D eigenvalue weighted by Crippen LogP contribution is 2.16. The van der Waals surface area contributed by atoms with Gasteiger partial charge in [0.2, 0.25) is 0 Å². The molecule has 1 fully saturated rings. The fourth-order valence-corrected chi connectivity index (χ4v) is 1.05. The molecule has 0 unspecified atom stereocenters. The molecule has 0 aromatic rings. The van der Waals surface area contributed by atoms with E-state index in [1.165, 1.54) is 0 Å². The molecule has 10 heavy (non-hydrogen) atoms. The van der Waals surface area contributed by atoms with Crippen molar-refractivity contribution in [1.29, 1.82) is 0 Å². The van der Waals surface area contributed by atoms with Gasteiger partial charge < -0.3 is 16.8 Å². The van der Waals surface area contributed by atoms with Crippen molar-refractivity contribution < 1.29 is 0 Å². The molecule has 0 bridgehead atoms. The molecule has 0 saturated heterocycles. The fourth-order valence-electron chi connectivity index (χ4n) is 1.05. The second-order valence-corrected chi connectivity index (χ2v) is 2.68. The lowest BCUT2D eigenvalue weighted by atomic mass is 9.88. The van der Waals surface area contributed by atoms with E-state index in [4.69, 9.17) is 11.5 Å². The van der Waals surface area contributed by atoms with Gasteiger partial charge in [-0.1, -0.05) is 0 Å². The number of hydrogen-bond acceptors (Lipinski definition) is 2. The van der Waals surface area contributed by atoms with Crippen LogP contribution in [0, 0.1) is 0 Å². The molecule has 1 saturated carbocycles. The van der Waals surface area contributed by atoms with Gasteiger partial charge in [-0.05, 0) is 12.8 Å². The third-order valence-corrected chi connectivity index (χ3v) is 1.77. The van der Waals surface area contributed by atoms with E-state index in [-0.39, 0.29) is 0 Å². The summed E-state index contributed by atoms with van der Waals surface area (Å²) in [4.78, 5) is 3.78. The van der Waals surface area contributed by atoms with Gasteiger partial charge in [-0.2, -0.15) is 0 Å². The number of rotatable bonds is 1. The van der Waals surface area contributed by atoms with Crippen molar-refractivity contribution in [2.24, 2.45) is 16.5 Å². The van der Waals surface area contributed by atoms with E-state index < -0.39 is 0 Å². The third kappa shape index (κ3) is 1.60. The molecule has 1 rings (SSSR count). The normalized spacial score (nSPS) is 33.2. The molecule has 0 spiro atoms. The van der Waals surface area contributed by atoms with E-state index in [0.29, 0.717) is 18.0 Å². The van der Waals surface area contributed by atoms with Crippen molar-refractivity contribution in [3.05, 3.63) is 0 Å². The first kappa shape index (κ1) is 7.34. The van der Waals surface area contributed by atoms with Crippen molar-refractivity contribution >= 4 is 5.96 Å². The van der Waals surface area contributed by atoms with Gasteiger partial charge in [0.25, 0.3) is 0 Å². The Morgan fingerprint density at radius 1 is 1.60 bits per heavy atom. The third-order valence-electron chi connectivity index (χ3n) is 1.77. The number of guanidine groups is 1. The summed E-state index contributed by atoms with van der Waals surface area (Å²) in [7, 11) is 1.67. The Bertz CT molecular complexity index is 137. The molecule has 0 radical (unpaired) electrons. The van der Waals surface area contributed by atoms with E-state index >= 15 is 0 Å². The molecule has 4 nitrogen and oxygen atoms in total. The second-order valence-electron chi connectivity index (χ2n) is 2.68. The largest absolute Gasteiger partial charge is 0.370 e. The van der Waals surface area contributed by atoms with Crippen LogP contribution in [0.4, 0.5) is 0 Å². The van der Waals surface area contributed by atoms with Gasteiger partial charge in [0.1, 0.15) is 0 Å². The summed E-state index contributed by atoms with van der Waals surface area (Å²) >= 11 is 0. The topological polar surface area (TPSA) is 76.4 Å². The highest BCUT2D eigenvalue weighted by atomic mass is 15.1. The van der Waals surface area contributed by atoms with Crippen LogP contribution < -0.4 is 16.8 Å². The quantitative estimate of drug-likeness (QED) is 0.325. The van der Waals surface area contributed by atoms with Crippen LogP contribution >= 0.6 is 0 Å². The van der Waals surface area contributed by atoms with Crippen LogP contribution in [0.15, 0.2) is 4.99 Å². The van der Waals surface area contributed by atoms with Crippen LogP contribution in [0.1, 0.15) is 12.8 Å².